The molecule has 0 heterocycles. The second kappa shape index (κ2) is 21.1. The van der Waals surface area contributed by atoms with Crippen LogP contribution in [-0.4, -0.2) is 79.8 Å². The van der Waals surface area contributed by atoms with Crippen molar-refractivity contribution >= 4 is 5.97 Å². The zero-order valence-corrected chi connectivity index (χ0v) is 21.7. The van der Waals surface area contributed by atoms with Gasteiger partial charge >= 0.3 is 5.97 Å². The van der Waals surface area contributed by atoms with Crippen LogP contribution in [0.5, 0.6) is 0 Å². The zero-order chi connectivity index (χ0) is 26.5. The summed E-state index contributed by atoms with van der Waals surface area (Å²) in [6, 6.07) is 0. The van der Waals surface area contributed by atoms with Crippen LogP contribution < -0.4 is 0 Å². The minimum atomic E-state index is -1.66. The smallest absolute Gasteiger partial charge is 0.310 e. The summed E-state index contributed by atoms with van der Waals surface area (Å²) >= 11 is 0. The maximum Gasteiger partial charge on any atom is 0.310 e. The number of unbranched alkanes of at least 4 members (excludes halogenated alkanes) is 9. The number of aliphatic hydroxyl groups excluding tert-OH is 6. The Morgan fingerprint density at radius 1 is 0.714 bits per heavy atom. The van der Waals surface area contributed by atoms with Crippen molar-refractivity contribution in [1.82, 2.24) is 0 Å². The molecule has 0 bridgehead atoms. The molecule has 8 heteroatoms. The van der Waals surface area contributed by atoms with Crippen LogP contribution in [-0.2, 0) is 4.79 Å². The standard InChI is InChI=1S/C27H52O8/c1-2-3-4-5-6-7-8-9-10-11-12-13-14-15-22(16-23(31)19-28)27(26(34)35,17-24(32)20-29)18-25(33)21-30/h9-10,22-25,28-33H,2-8,11-21H2,1H3,(H,34,35)/b10-9-. The Labute approximate surface area is 211 Å². The van der Waals surface area contributed by atoms with Gasteiger partial charge < -0.3 is 35.7 Å². The van der Waals surface area contributed by atoms with Crippen LogP contribution >= 0.6 is 0 Å². The van der Waals surface area contributed by atoms with E-state index in [0.29, 0.717) is 12.8 Å². The molecule has 0 aromatic rings. The molecule has 0 aliphatic heterocycles. The Bertz CT molecular complexity index is 527. The van der Waals surface area contributed by atoms with Gasteiger partial charge in [-0.3, -0.25) is 4.79 Å². The van der Waals surface area contributed by atoms with Gasteiger partial charge in [-0.2, -0.15) is 0 Å². The van der Waals surface area contributed by atoms with Crippen LogP contribution in [0, 0.1) is 11.3 Å². The quantitative estimate of drug-likeness (QED) is 0.0780. The molecule has 0 aromatic heterocycles. The Kier molecular flexibility index (Phi) is 20.5. The van der Waals surface area contributed by atoms with Gasteiger partial charge in [0.25, 0.3) is 0 Å². The van der Waals surface area contributed by atoms with Gasteiger partial charge in [0.1, 0.15) is 0 Å². The van der Waals surface area contributed by atoms with Gasteiger partial charge in [-0.05, 0) is 57.3 Å². The Hall–Kier alpha value is -1.03. The van der Waals surface area contributed by atoms with E-state index in [4.69, 9.17) is 0 Å². The maximum atomic E-state index is 12.4. The molecule has 0 radical (unpaired) electrons. The highest BCUT2D eigenvalue weighted by Gasteiger charge is 2.48. The van der Waals surface area contributed by atoms with Crippen molar-refractivity contribution in [3.63, 3.8) is 0 Å². The van der Waals surface area contributed by atoms with Crippen molar-refractivity contribution < 1.29 is 40.5 Å². The van der Waals surface area contributed by atoms with E-state index in [1.54, 1.807) is 0 Å². The van der Waals surface area contributed by atoms with E-state index in [1.807, 2.05) is 0 Å². The summed E-state index contributed by atoms with van der Waals surface area (Å²) in [4.78, 5) is 12.4. The van der Waals surface area contributed by atoms with E-state index < -0.39 is 55.4 Å². The number of carboxylic acids is 1. The van der Waals surface area contributed by atoms with Crippen LogP contribution in [0.1, 0.15) is 103 Å². The fraction of sp³-hybridized carbons (Fsp3) is 0.889. The summed E-state index contributed by atoms with van der Waals surface area (Å²) in [6.45, 7) is 0.420. The lowest BCUT2D eigenvalue weighted by molar-refractivity contribution is -0.161. The average Bonchev–Trinajstić information content (AvgIpc) is 2.84. The van der Waals surface area contributed by atoms with Gasteiger partial charge in [0.05, 0.1) is 43.5 Å². The number of hydrogen-bond acceptors (Lipinski definition) is 7. The first kappa shape index (κ1) is 34.0. The Morgan fingerprint density at radius 3 is 1.63 bits per heavy atom. The van der Waals surface area contributed by atoms with E-state index in [1.165, 1.54) is 38.5 Å². The Morgan fingerprint density at radius 2 is 1.17 bits per heavy atom. The molecule has 0 fully saturated rings. The fourth-order valence-electron chi connectivity index (χ4n) is 4.87. The van der Waals surface area contributed by atoms with Crippen LogP contribution in [0.25, 0.3) is 0 Å². The summed E-state index contributed by atoms with van der Waals surface area (Å²) in [6.07, 6.45) is 12.6. The van der Waals surface area contributed by atoms with Gasteiger partial charge in [-0.15, -0.1) is 0 Å². The van der Waals surface area contributed by atoms with Crippen molar-refractivity contribution in [3.05, 3.63) is 12.2 Å². The number of carbonyl (C=O) groups is 1. The minimum Gasteiger partial charge on any atom is -0.481 e. The first-order valence-electron chi connectivity index (χ1n) is 13.5. The topological polar surface area (TPSA) is 159 Å². The van der Waals surface area contributed by atoms with Crippen LogP contribution in [0.2, 0.25) is 0 Å². The fourth-order valence-corrected chi connectivity index (χ4v) is 4.87. The van der Waals surface area contributed by atoms with Gasteiger partial charge in [0.15, 0.2) is 0 Å². The molecule has 0 rings (SSSR count). The van der Waals surface area contributed by atoms with Crippen LogP contribution in [0.3, 0.4) is 0 Å². The third-order valence-electron chi connectivity index (χ3n) is 6.91. The molecular formula is C27H52O8. The van der Waals surface area contributed by atoms with Crippen molar-refractivity contribution in [1.29, 1.82) is 0 Å². The summed E-state index contributed by atoms with van der Waals surface area (Å²) in [7, 11) is 0. The predicted molar refractivity (Wildman–Crippen MR) is 137 cm³/mol. The normalized spacial score (nSPS) is 17.2. The van der Waals surface area contributed by atoms with Gasteiger partial charge in [0.2, 0.25) is 0 Å². The summed E-state index contributed by atoms with van der Waals surface area (Å²) in [5.74, 6) is -1.92. The molecule has 4 atom stereocenters. The molecule has 208 valence electrons. The van der Waals surface area contributed by atoms with E-state index in [0.717, 1.165) is 25.7 Å². The van der Waals surface area contributed by atoms with Crippen molar-refractivity contribution in [2.24, 2.45) is 11.3 Å². The number of hydrogen-bond donors (Lipinski definition) is 7. The summed E-state index contributed by atoms with van der Waals surface area (Å²) in [5, 5.41) is 68.4. The molecule has 4 unspecified atom stereocenters. The lowest BCUT2D eigenvalue weighted by Gasteiger charge is -2.40. The number of rotatable bonds is 24. The summed E-state index contributed by atoms with van der Waals surface area (Å²) in [5.41, 5.74) is -1.66. The van der Waals surface area contributed by atoms with Crippen molar-refractivity contribution in [3.8, 4) is 0 Å². The molecule has 0 spiro atoms. The number of carboxylic acid groups (broad SMARTS) is 1. The average molecular weight is 505 g/mol. The molecular weight excluding hydrogens is 452 g/mol. The number of aliphatic carboxylic acids is 1. The van der Waals surface area contributed by atoms with E-state index in [-0.39, 0.29) is 19.3 Å². The van der Waals surface area contributed by atoms with Crippen LogP contribution in [0.4, 0.5) is 0 Å². The second-order valence-corrected chi connectivity index (χ2v) is 9.98. The van der Waals surface area contributed by atoms with E-state index in [2.05, 4.69) is 19.1 Å². The van der Waals surface area contributed by atoms with Crippen molar-refractivity contribution in [2.45, 2.75) is 122 Å². The molecule has 0 aliphatic rings. The van der Waals surface area contributed by atoms with E-state index >= 15 is 0 Å². The van der Waals surface area contributed by atoms with Gasteiger partial charge in [-0.25, -0.2) is 0 Å². The number of allylic oxidation sites excluding steroid dienone is 2. The molecule has 7 N–H and O–H groups in total. The monoisotopic (exact) mass is 504 g/mol. The minimum absolute atomic E-state index is 0.0166. The largest absolute Gasteiger partial charge is 0.481 e. The van der Waals surface area contributed by atoms with Gasteiger partial charge in [-0.1, -0.05) is 64.0 Å². The molecule has 0 aliphatic carbocycles. The Balaban J connectivity index is 4.91. The first-order valence-corrected chi connectivity index (χ1v) is 13.5. The lowest BCUT2D eigenvalue weighted by Crippen LogP contribution is -2.46. The molecule has 0 saturated carbocycles. The lowest BCUT2D eigenvalue weighted by atomic mass is 9.64. The van der Waals surface area contributed by atoms with Crippen LogP contribution in [0.15, 0.2) is 12.2 Å². The second-order valence-electron chi connectivity index (χ2n) is 9.98. The maximum absolute atomic E-state index is 12.4. The molecule has 0 amide bonds. The molecule has 8 nitrogen and oxygen atoms in total. The third-order valence-corrected chi connectivity index (χ3v) is 6.91. The van der Waals surface area contributed by atoms with Gasteiger partial charge in [0, 0.05) is 0 Å². The summed E-state index contributed by atoms with van der Waals surface area (Å²) < 4.78 is 0. The molecule has 35 heavy (non-hydrogen) atoms. The zero-order valence-electron chi connectivity index (χ0n) is 21.7. The number of aliphatic hydroxyl groups is 6. The first-order chi connectivity index (χ1) is 16.8. The van der Waals surface area contributed by atoms with E-state index in [9.17, 15) is 40.5 Å². The molecule has 0 aromatic carbocycles. The predicted octanol–water partition coefficient (Wildman–Crippen LogP) is 3.16. The highest BCUT2D eigenvalue weighted by Crippen LogP contribution is 2.43. The highest BCUT2D eigenvalue weighted by atomic mass is 16.4. The molecule has 0 saturated heterocycles. The third kappa shape index (κ3) is 15.0. The van der Waals surface area contributed by atoms with Crippen molar-refractivity contribution in [2.75, 3.05) is 19.8 Å². The SMILES string of the molecule is CCCCCCCC/C=C\CCCCCC(CC(O)CO)C(CC(O)CO)(CC(O)CO)C(=O)O. The highest BCUT2D eigenvalue weighted by molar-refractivity contribution is 5.75.